The molecule has 0 radical (unpaired) electrons. The Labute approximate surface area is 150 Å². The van der Waals surface area contributed by atoms with Gasteiger partial charge in [-0.05, 0) is 71.9 Å². The normalized spacial score (nSPS) is 11.3. The highest BCUT2D eigenvalue weighted by atomic mass is 79.9. The first-order valence-electron chi connectivity index (χ1n) is 7.87. The van der Waals surface area contributed by atoms with E-state index in [0.717, 1.165) is 40.8 Å². The van der Waals surface area contributed by atoms with Crippen molar-refractivity contribution in [2.24, 2.45) is 5.73 Å². The Morgan fingerprint density at radius 1 is 1.13 bits per heavy atom. The van der Waals surface area contributed by atoms with Gasteiger partial charge in [0.05, 0.1) is 5.52 Å². The summed E-state index contributed by atoms with van der Waals surface area (Å²) in [6.45, 7) is 2.83. The van der Waals surface area contributed by atoms with E-state index in [4.69, 9.17) is 17.3 Å². The molecule has 0 aliphatic heterocycles. The number of aromatic nitrogens is 1. The first-order chi connectivity index (χ1) is 11.1. The van der Waals surface area contributed by atoms with Gasteiger partial charge in [-0.1, -0.05) is 41.4 Å². The fourth-order valence-corrected chi connectivity index (χ4v) is 3.86. The monoisotopic (exact) mass is 390 g/mol. The summed E-state index contributed by atoms with van der Waals surface area (Å²) in [7, 11) is 0. The third-order valence-corrected chi connectivity index (χ3v) is 5.00. The molecule has 3 N–H and O–H groups in total. The van der Waals surface area contributed by atoms with E-state index in [2.05, 4.69) is 52.1 Å². The van der Waals surface area contributed by atoms with Crippen molar-refractivity contribution >= 4 is 38.4 Å². The minimum atomic E-state index is 0.729. The zero-order valence-electron chi connectivity index (χ0n) is 13.1. The molecule has 2 aromatic carbocycles. The maximum atomic E-state index is 6.27. The first kappa shape index (κ1) is 16.6. The maximum Gasteiger partial charge on any atom is 0.0607 e. The van der Waals surface area contributed by atoms with Crippen LogP contribution in [0.5, 0.6) is 0 Å². The Morgan fingerprint density at radius 3 is 2.57 bits per heavy atom. The van der Waals surface area contributed by atoms with Crippen molar-refractivity contribution in [1.29, 1.82) is 0 Å². The predicted molar refractivity (Wildman–Crippen MR) is 103 cm³/mol. The molecule has 0 aliphatic carbocycles. The molecule has 3 rings (SSSR count). The van der Waals surface area contributed by atoms with Gasteiger partial charge in [0.25, 0.3) is 0 Å². The van der Waals surface area contributed by atoms with Gasteiger partial charge in [0.1, 0.15) is 0 Å². The van der Waals surface area contributed by atoms with Crippen molar-refractivity contribution in [3.63, 3.8) is 0 Å². The van der Waals surface area contributed by atoms with E-state index in [0.29, 0.717) is 0 Å². The molecule has 23 heavy (non-hydrogen) atoms. The van der Waals surface area contributed by atoms with Crippen LogP contribution in [-0.4, -0.2) is 11.5 Å². The largest absolute Gasteiger partial charge is 0.353 e. The fourth-order valence-electron chi connectivity index (χ4n) is 2.95. The average Bonchev–Trinajstić information content (AvgIpc) is 2.87. The van der Waals surface area contributed by atoms with Gasteiger partial charge < -0.3 is 10.7 Å². The molecule has 0 fully saturated rings. The van der Waals surface area contributed by atoms with Crippen LogP contribution in [0.1, 0.15) is 24.0 Å². The SMILES string of the molecule is Cc1ccc(-c2[nH]c3c(Br)cc(Cl)cc3c2CCCCN)cc1. The van der Waals surface area contributed by atoms with E-state index in [9.17, 15) is 0 Å². The quantitative estimate of drug-likeness (QED) is 0.527. The number of nitrogens with one attached hydrogen (secondary N) is 1. The standard InChI is InChI=1S/C19H20BrClN2/c1-12-5-7-13(8-6-12)18-15(4-2-3-9-22)16-10-14(21)11-17(20)19(16)23-18/h5-8,10-11,23H,2-4,9,22H2,1H3. The molecule has 1 aromatic heterocycles. The van der Waals surface area contributed by atoms with E-state index < -0.39 is 0 Å². The fraction of sp³-hybridized carbons (Fsp3) is 0.263. The van der Waals surface area contributed by atoms with Crippen molar-refractivity contribution in [3.05, 3.63) is 57.0 Å². The minimum Gasteiger partial charge on any atom is -0.353 e. The van der Waals surface area contributed by atoms with Crippen molar-refractivity contribution < 1.29 is 0 Å². The third kappa shape index (κ3) is 3.47. The lowest BCUT2D eigenvalue weighted by Gasteiger charge is -2.06. The first-order valence-corrected chi connectivity index (χ1v) is 9.04. The van der Waals surface area contributed by atoms with Crippen LogP contribution in [-0.2, 0) is 6.42 Å². The van der Waals surface area contributed by atoms with Crippen molar-refractivity contribution in [2.45, 2.75) is 26.2 Å². The van der Waals surface area contributed by atoms with Gasteiger partial charge in [-0.2, -0.15) is 0 Å². The van der Waals surface area contributed by atoms with Crippen LogP contribution in [0.4, 0.5) is 0 Å². The number of unbranched alkanes of at least 4 members (excludes halogenated alkanes) is 1. The van der Waals surface area contributed by atoms with Gasteiger partial charge in [0.15, 0.2) is 0 Å². The summed E-state index contributed by atoms with van der Waals surface area (Å²) in [5.41, 5.74) is 11.7. The highest BCUT2D eigenvalue weighted by Crippen LogP contribution is 2.36. The second-order valence-electron chi connectivity index (χ2n) is 5.90. The van der Waals surface area contributed by atoms with Crippen LogP contribution in [0.25, 0.3) is 22.2 Å². The van der Waals surface area contributed by atoms with E-state index in [-0.39, 0.29) is 0 Å². The molecule has 2 nitrogen and oxygen atoms in total. The van der Waals surface area contributed by atoms with Crippen LogP contribution < -0.4 is 5.73 Å². The molecule has 4 heteroatoms. The van der Waals surface area contributed by atoms with Crippen LogP contribution >= 0.6 is 27.5 Å². The molecule has 120 valence electrons. The van der Waals surface area contributed by atoms with Crippen molar-refractivity contribution in [3.8, 4) is 11.3 Å². The summed E-state index contributed by atoms with van der Waals surface area (Å²) in [6, 6.07) is 12.6. The molecule has 0 saturated heterocycles. The number of H-pyrrole nitrogens is 1. The number of aryl methyl sites for hydroxylation is 2. The van der Waals surface area contributed by atoms with E-state index >= 15 is 0 Å². The summed E-state index contributed by atoms with van der Waals surface area (Å²) in [4.78, 5) is 3.59. The van der Waals surface area contributed by atoms with Gasteiger partial charge in [-0.15, -0.1) is 0 Å². The second kappa shape index (κ2) is 7.08. The summed E-state index contributed by atoms with van der Waals surface area (Å²) in [5.74, 6) is 0. The molecule has 0 amide bonds. The van der Waals surface area contributed by atoms with Gasteiger partial charge in [0, 0.05) is 20.6 Å². The zero-order valence-corrected chi connectivity index (χ0v) is 15.5. The zero-order chi connectivity index (χ0) is 16.4. The summed E-state index contributed by atoms with van der Waals surface area (Å²) < 4.78 is 0.999. The van der Waals surface area contributed by atoms with Crippen LogP contribution in [0.2, 0.25) is 5.02 Å². The Kier molecular flexibility index (Phi) is 5.10. The molecular formula is C19H20BrClN2. The average molecular weight is 392 g/mol. The van der Waals surface area contributed by atoms with E-state index in [1.807, 2.05) is 12.1 Å². The lowest BCUT2D eigenvalue weighted by atomic mass is 10.00. The van der Waals surface area contributed by atoms with Crippen LogP contribution in [0, 0.1) is 6.92 Å². The molecule has 0 unspecified atom stereocenters. The smallest absolute Gasteiger partial charge is 0.0607 e. The number of nitrogens with two attached hydrogens (primary N) is 1. The number of benzene rings is 2. The Morgan fingerprint density at radius 2 is 1.87 bits per heavy atom. The van der Waals surface area contributed by atoms with Crippen LogP contribution in [0.15, 0.2) is 40.9 Å². The molecular weight excluding hydrogens is 372 g/mol. The Hall–Kier alpha value is -1.29. The number of aromatic amines is 1. The van der Waals surface area contributed by atoms with E-state index in [1.165, 1.54) is 27.8 Å². The molecule has 3 aromatic rings. The second-order valence-corrected chi connectivity index (χ2v) is 7.19. The number of halogens is 2. The third-order valence-electron chi connectivity index (χ3n) is 4.15. The van der Waals surface area contributed by atoms with Crippen molar-refractivity contribution in [2.75, 3.05) is 6.54 Å². The number of hydrogen-bond acceptors (Lipinski definition) is 1. The summed E-state index contributed by atoms with van der Waals surface area (Å²) in [5, 5.41) is 1.94. The highest BCUT2D eigenvalue weighted by molar-refractivity contribution is 9.10. The predicted octanol–water partition coefficient (Wildman–Crippen LogP) is 5.84. The van der Waals surface area contributed by atoms with Gasteiger partial charge in [-0.25, -0.2) is 0 Å². The number of fused-ring (bicyclic) bond motifs is 1. The Balaban J connectivity index is 2.16. The molecule has 0 bridgehead atoms. The van der Waals surface area contributed by atoms with E-state index in [1.54, 1.807) is 0 Å². The number of hydrogen-bond donors (Lipinski definition) is 2. The molecule has 0 saturated carbocycles. The van der Waals surface area contributed by atoms with Gasteiger partial charge >= 0.3 is 0 Å². The summed E-state index contributed by atoms with van der Waals surface area (Å²) in [6.07, 6.45) is 3.10. The van der Waals surface area contributed by atoms with Gasteiger partial charge in [-0.3, -0.25) is 0 Å². The molecule has 0 spiro atoms. The summed E-state index contributed by atoms with van der Waals surface area (Å²) >= 11 is 9.89. The topological polar surface area (TPSA) is 41.8 Å². The Bertz CT molecular complexity index is 821. The maximum absolute atomic E-state index is 6.27. The molecule has 0 aliphatic rings. The molecule has 0 atom stereocenters. The lowest BCUT2D eigenvalue weighted by molar-refractivity contribution is 0.748. The molecule has 1 heterocycles. The van der Waals surface area contributed by atoms with Gasteiger partial charge in [0.2, 0.25) is 0 Å². The minimum absolute atomic E-state index is 0.729. The van der Waals surface area contributed by atoms with Crippen molar-refractivity contribution in [1.82, 2.24) is 4.98 Å². The lowest BCUT2D eigenvalue weighted by Crippen LogP contribution is -1.99. The highest BCUT2D eigenvalue weighted by Gasteiger charge is 2.15. The number of rotatable bonds is 5. The van der Waals surface area contributed by atoms with Crippen LogP contribution in [0.3, 0.4) is 0 Å².